The second kappa shape index (κ2) is 13.7. The molecule has 0 aromatic carbocycles. The van der Waals surface area contributed by atoms with Gasteiger partial charge in [0.2, 0.25) is 0 Å². The molecule has 1 aromatic heterocycles. The molecule has 1 aromatic rings. The lowest BCUT2D eigenvalue weighted by Crippen LogP contribution is -2.99. The van der Waals surface area contributed by atoms with Crippen molar-refractivity contribution < 1.29 is 95.6 Å². The normalized spacial score (nSPS) is 44.5. The average Bonchev–Trinajstić information content (AvgIpc) is 3.87. The van der Waals surface area contributed by atoms with Crippen LogP contribution in [0, 0.1) is 34.0 Å². The maximum Gasteiger partial charge on any atom is 0.338 e. The van der Waals surface area contributed by atoms with Crippen molar-refractivity contribution in [2.75, 3.05) is 13.7 Å². The Morgan fingerprint density at radius 1 is 0.873 bits per heavy atom. The maximum atomic E-state index is 15.2. The first-order valence-corrected chi connectivity index (χ1v) is 20.6. The molecule has 15 atom stereocenters. The van der Waals surface area contributed by atoms with Gasteiger partial charge in [-0.15, -0.1) is 0 Å². The fraction of sp³-hybridized carbons (Fsp3) is 0.698. The molecule has 4 bridgehead atoms. The van der Waals surface area contributed by atoms with E-state index in [4.69, 9.17) is 51.8 Å². The van der Waals surface area contributed by atoms with Gasteiger partial charge in [0.25, 0.3) is 5.97 Å². The molecule has 7 aliphatic rings. The first-order chi connectivity index (χ1) is 29.3. The lowest BCUT2D eigenvalue weighted by molar-refractivity contribution is -0.497. The number of esters is 7. The highest BCUT2D eigenvalue weighted by atomic mass is 16.9. The van der Waals surface area contributed by atoms with E-state index in [9.17, 15) is 39.0 Å². The Morgan fingerprint density at radius 3 is 2.05 bits per heavy atom. The quantitative estimate of drug-likeness (QED) is 0.140. The molecular formula is C43H52O20. The van der Waals surface area contributed by atoms with Gasteiger partial charge in [0, 0.05) is 70.8 Å². The van der Waals surface area contributed by atoms with Crippen molar-refractivity contribution >= 4 is 41.8 Å². The minimum absolute atomic E-state index is 0.124. The van der Waals surface area contributed by atoms with Gasteiger partial charge in [-0.2, -0.15) is 0 Å². The van der Waals surface area contributed by atoms with Gasteiger partial charge in [-0.25, -0.2) is 4.79 Å². The van der Waals surface area contributed by atoms with Crippen molar-refractivity contribution in [3.8, 4) is 0 Å². The number of methoxy groups -OCH3 is 1. The number of aliphatic hydroxyl groups is 2. The number of furan rings is 1. The SMILES string of the molecule is COC(=O)CC1C2(C)CC34OC5(C)OC67C(C(=C(O)C(C)C)C(=O)OC6C3(O)C2OC(C)=O)C(C)(C(OC(C)=O)c2ccoc2)C(OC(C)=O)C(OC(C)=O)C7(O5)C14COC(C)=O. The summed E-state index contributed by atoms with van der Waals surface area (Å²) in [5, 5.41) is 26.5. The predicted octanol–water partition coefficient (Wildman–Crippen LogP) is 2.57. The molecule has 0 radical (unpaired) electrons. The van der Waals surface area contributed by atoms with E-state index in [-0.39, 0.29) is 12.0 Å². The average molecular weight is 889 g/mol. The van der Waals surface area contributed by atoms with E-state index in [1.165, 1.54) is 32.4 Å². The number of carbonyl (C=O) groups is 7. The van der Waals surface area contributed by atoms with E-state index in [1.54, 1.807) is 20.8 Å². The van der Waals surface area contributed by atoms with E-state index in [0.717, 1.165) is 41.7 Å². The van der Waals surface area contributed by atoms with Gasteiger partial charge in [-0.1, -0.05) is 27.7 Å². The third kappa shape index (κ3) is 5.08. The Balaban J connectivity index is 1.65. The highest BCUT2D eigenvalue weighted by Crippen LogP contribution is 2.90. The van der Waals surface area contributed by atoms with Crippen LogP contribution >= 0.6 is 0 Å². The molecule has 4 saturated carbocycles. The number of rotatable bonds is 11. The van der Waals surface area contributed by atoms with Gasteiger partial charge >= 0.3 is 41.8 Å². The van der Waals surface area contributed by atoms with Crippen LogP contribution in [0.15, 0.2) is 34.3 Å². The smallest absolute Gasteiger partial charge is 0.338 e. The summed E-state index contributed by atoms with van der Waals surface area (Å²) in [6, 6.07) is 1.44. The molecule has 8 rings (SSSR count). The van der Waals surface area contributed by atoms with Crippen molar-refractivity contribution in [3.63, 3.8) is 0 Å². The minimum atomic E-state index is -2.75. The number of aliphatic hydroxyl groups excluding tert-OH is 1. The number of hydrogen-bond acceptors (Lipinski definition) is 20. The number of hydrogen-bond donors (Lipinski definition) is 2. The Hall–Kier alpha value is -5.05. The molecule has 2 N–H and O–H groups in total. The lowest BCUT2D eigenvalue weighted by atomic mass is 9.31. The van der Waals surface area contributed by atoms with E-state index in [1.807, 2.05) is 0 Å². The standard InChI is InChI=1S/C43H52O20/c1-18(2)28(50)27-29-37(9,30(56-20(4)45)24-12-13-54-15-24)31(57-21(5)46)32(58-22(6)47)43-39(17-55-19(3)44)25(14-26(49)53-11)36(8)16-40(39)41(52,34(36)59-23(7)48)35(60-33(27)51)42(29,43)62-38(10,61-40)63-43/h12-13,15,18,25,29-32,34-35,50,52H,14,16-17H2,1-11H3. The van der Waals surface area contributed by atoms with Crippen LogP contribution in [0.4, 0.5) is 0 Å². The molecule has 4 aliphatic carbocycles. The first-order valence-electron chi connectivity index (χ1n) is 20.6. The fourth-order valence-electron chi connectivity index (χ4n) is 13.8. The number of ether oxygens (including phenoxy) is 10. The molecule has 3 spiro atoms. The molecule has 344 valence electrons. The van der Waals surface area contributed by atoms with Gasteiger partial charge in [0.15, 0.2) is 35.1 Å². The van der Waals surface area contributed by atoms with Crippen LogP contribution in [0.25, 0.3) is 0 Å². The summed E-state index contributed by atoms with van der Waals surface area (Å²) in [6.07, 6.45) is -7.82. The van der Waals surface area contributed by atoms with Crippen molar-refractivity contribution in [1.82, 2.24) is 0 Å². The second-order valence-electron chi connectivity index (χ2n) is 18.8. The fourth-order valence-corrected chi connectivity index (χ4v) is 13.8. The van der Waals surface area contributed by atoms with Crippen molar-refractivity contribution in [1.29, 1.82) is 0 Å². The summed E-state index contributed by atoms with van der Waals surface area (Å²) in [7, 11) is 1.13. The van der Waals surface area contributed by atoms with Gasteiger partial charge in [0.1, 0.15) is 30.2 Å². The number of carbonyl (C=O) groups excluding carboxylic acids is 7. The molecule has 20 nitrogen and oxygen atoms in total. The maximum absolute atomic E-state index is 15.2. The van der Waals surface area contributed by atoms with Crippen LogP contribution < -0.4 is 0 Å². The molecular weight excluding hydrogens is 836 g/mol. The van der Waals surface area contributed by atoms with Crippen LogP contribution in [0.5, 0.6) is 0 Å². The predicted molar refractivity (Wildman–Crippen MR) is 203 cm³/mol. The highest BCUT2D eigenvalue weighted by Gasteiger charge is 3.08. The lowest BCUT2D eigenvalue weighted by Gasteiger charge is -2.78. The molecule has 4 heterocycles. The van der Waals surface area contributed by atoms with Crippen LogP contribution in [-0.2, 0) is 80.9 Å². The van der Waals surface area contributed by atoms with Gasteiger partial charge in [0.05, 0.1) is 36.0 Å². The molecule has 3 aliphatic heterocycles. The monoisotopic (exact) mass is 888 g/mol. The zero-order chi connectivity index (χ0) is 46.4. The van der Waals surface area contributed by atoms with E-state index in [2.05, 4.69) is 0 Å². The van der Waals surface area contributed by atoms with Crippen molar-refractivity contribution in [3.05, 3.63) is 35.5 Å². The van der Waals surface area contributed by atoms with E-state index in [0.29, 0.717) is 0 Å². The summed E-state index contributed by atoms with van der Waals surface area (Å²) in [5.41, 5.74) is -16.7. The molecule has 3 saturated heterocycles. The molecule has 7 fully saturated rings. The topological polar surface area (TPSA) is 265 Å². The Bertz CT molecular complexity index is 2230. The first kappa shape index (κ1) is 44.6. The summed E-state index contributed by atoms with van der Waals surface area (Å²) >= 11 is 0. The largest absolute Gasteiger partial charge is 0.511 e. The van der Waals surface area contributed by atoms with Crippen LogP contribution in [-0.4, -0.2) is 119 Å². The third-order valence-electron chi connectivity index (χ3n) is 15.0. The Kier molecular flexibility index (Phi) is 9.71. The zero-order valence-corrected chi connectivity index (χ0v) is 36.7. The molecule has 20 heteroatoms. The minimum Gasteiger partial charge on any atom is -0.511 e. The van der Waals surface area contributed by atoms with Crippen LogP contribution in [0.3, 0.4) is 0 Å². The van der Waals surface area contributed by atoms with Gasteiger partial charge in [-0.3, -0.25) is 28.8 Å². The van der Waals surface area contributed by atoms with Gasteiger partial charge < -0.3 is 62.0 Å². The summed E-state index contributed by atoms with van der Waals surface area (Å²) in [6.45, 7) is 12.1. The van der Waals surface area contributed by atoms with Crippen LogP contribution in [0.1, 0.15) is 93.7 Å². The van der Waals surface area contributed by atoms with Gasteiger partial charge in [-0.05, 0) is 18.4 Å². The number of fused-ring (bicyclic) bond motifs is 3. The van der Waals surface area contributed by atoms with Crippen molar-refractivity contribution in [2.24, 2.45) is 34.0 Å². The Morgan fingerprint density at radius 2 is 1.51 bits per heavy atom. The third-order valence-corrected chi connectivity index (χ3v) is 15.0. The van der Waals surface area contributed by atoms with E-state index >= 15 is 4.79 Å². The summed E-state index contributed by atoms with van der Waals surface area (Å²) in [4.78, 5) is 96.6. The summed E-state index contributed by atoms with van der Waals surface area (Å²) in [5.74, 6) is -13.7. The molecule has 0 amide bonds. The van der Waals surface area contributed by atoms with Crippen LogP contribution in [0.2, 0.25) is 0 Å². The Labute approximate surface area is 361 Å². The molecule has 63 heavy (non-hydrogen) atoms. The zero-order valence-electron chi connectivity index (χ0n) is 36.7. The second-order valence-corrected chi connectivity index (χ2v) is 18.8. The number of allylic oxidation sites excluding steroid dienone is 1. The molecule has 15 unspecified atom stereocenters. The summed E-state index contributed by atoms with van der Waals surface area (Å²) < 4.78 is 69.7. The van der Waals surface area contributed by atoms with E-state index < -0.39 is 159 Å². The van der Waals surface area contributed by atoms with Crippen molar-refractivity contribution in [2.45, 2.75) is 141 Å². The highest BCUT2D eigenvalue weighted by molar-refractivity contribution is 5.93.